The van der Waals surface area contributed by atoms with Crippen molar-refractivity contribution in [2.45, 2.75) is 51.5 Å². The van der Waals surface area contributed by atoms with Crippen molar-refractivity contribution in [3.63, 3.8) is 0 Å². The lowest BCUT2D eigenvalue weighted by Crippen LogP contribution is -2.54. The van der Waals surface area contributed by atoms with Gasteiger partial charge in [0, 0.05) is 29.1 Å². The molecule has 2 amide bonds. The van der Waals surface area contributed by atoms with Gasteiger partial charge < -0.3 is 10.2 Å². The van der Waals surface area contributed by atoms with Gasteiger partial charge in [-0.05, 0) is 54.8 Å². The second kappa shape index (κ2) is 14.9. The van der Waals surface area contributed by atoms with E-state index < -0.39 is 56.9 Å². The molecule has 0 fully saturated rings. The molecule has 0 unspecified atom stereocenters. The van der Waals surface area contributed by atoms with E-state index >= 15 is 0 Å². The van der Waals surface area contributed by atoms with Crippen LogP contribution in [0, 0.1) is 0 Å². The van der Waals surface area contributed by atoms with Gasteiger partial charge in [0.15, 0.2) is 0 Å². The summed E-state index contributed by atoms with van der Waals surface area (Å²) in [6.07, 6.45) is -3.47. The van der Waals surface area contributed by atoms with Gasteiger partial charge in [-0.3, -0.25) is 13.9 Å². The maximum absolute atomic E-state index is 14.1. The van der Waals surface area contributed by atoms with Gasteiger partial charge in [0.1, 0.15) is 12.6 Å². The van der Waals surface area contributed by atoms with E-state index in [9.17, 15) is 31.2 Å². The molecule has 0 saturated carbocycles. The minimum atomic E-state index is -4.88. The quantitative estimate of drug-likeness (QED) is 0.222. The fraction of sp³-hybridized carbons (Fsp3) is 0.333. The zero-order valence-electron chi connectivity index (χ0n) is 24.0. The fourth-order valence-corrected chi connectivity index (χ4v) is 5.86. The van der Waals surface area contributed by atoms with Crippen LogP contribution in [0.1, 0.15) is 37.0 Å². The SMILES string of the molecule is CC[C@H](C)NC(=O)[C@H](Cc1ccccc1)N(Cc1ccc(Cl)cc1Cl)C(=O)CN(c1ccc(Cl)c(C(F)(F)F)c1)S(C)(=O)=O. The number of carbonyl (C=O) groups excluding carboxylic acids is 2. The van der Waals surface area contributed by atoms with Gasteiger partial charge in [0.05, 0.1) is 22.5 Å². The number of nitrogens with one attached hydrogen (secondary N) is 1. The molecule has 238 valence electrons. The number of halogens is 6. The van der Waals surface area contributed by atoms with E-state index in [1.807, 2.05) is 6.92 Å². The first-order valence-corrected chi connectivity index (χ1v) is 16.4. The number of carbonyl (C=O) groups is 2. The molecular formula is C30H31Cl3F3N3O4S. The normalized spacial score (nSPS) is 13.2. The van der Waals surface area contributed by atoms with Crippen LogP contribution in [0.25, 0.3) is 0 Å². The molecule has 2 atom stereocenters. The number of amides is 2. The van der Waals surface area contributed by atoms with Crippen molar-refractivity contribution in [3.8, 4) is 0 Å². The van der Waals surface area contributed by atoms with Crippen molar-refractivity contribution in [1.29, 1.82) is 0 Å². The molecule has 14 heteroatoms. The third-order valence-corrected chi connectivity index (χ3v) is 8.91. The number of hydrogen-bond donors (Lipinski definition) is 1. The van der Waals surface area contributed by atoms with Gasteiger partial charge in [-0.1, -0.05) is 78.1 Å². The summed E-state index contributed by atoms with van der Waals surface area (Å²) in [4.78, 5) is 29.0. The highest BCUT2D eigenvalue weighted by Gasteiger charge is 2.36. The van der Waals surface area contributed by atoms with Crippen LogP contribution in [0.2, 0.25) is 15.1 Å². The van der Waals surface area contributed by atoms with E-state index in [0.29, 0.717) is 32.9 Å². The Labute approximate surface area is 269 Å². The largest absolute Gasteiger partial charge is 0.417 e. The Balaban J connectivity index is 2.13. The van der Waals surface area contributed by atoms with E-state index in [-0.39, 0.29) is 24.0 Å². The Morgan fingerprint density at radius 2 is 1.61 bits per heavy atom. The Morgan fingerprint density at radius 1 is 0.955 bits per heavy atom. The molecule has 3 aromatic rings. The number of benzene rings is 3. The molecule has 0 aliphatic carbocycles. The van der Waals surface area contributed by atoms with E-state index in [0.717, 1.165) is 18.4 Å². The summed E-state index contributed by atoms with van der Waals surface area (Å²) < 4.78 is 67.2. The summed E-state index contributed by atoms with van der Waals surface area (Å²) in [5, 5.41) is 2.78. The predicted molar refractivity (Wildman–Crippen MR) is 167 cm³/mol. The first-order valence-electron chi connectivity index (χ1n) is 13.4. The van der Waals surface area contributed by atoms with Crippen molar-refractivity contribution in [3.05, 3.63) is 98.5 Å². The minimum Gasteiger partial charge on any atom is -0.352 e. The average Bonchev–Trinajstić information content (AvgIpc) is 2.94. The van der Waals surface area contributed by atoms with Gasteiger partial charge in [0.2, 0.25) is 21.8 Å². The number of anilines is 1. The summed E-state index contributed by atoms with van der Waals surface area (Å²) in [7, 11) is -4.30. The molecule has 0 aromatic heterocycles. The summed E-state index contributed by atoms with van der Waals surface area (Å²) in [6.45, 7) is 2.53. The first kappa shape index (κ1) is 35.5. The molecule has 7 nitrogen and oxygen atoms in total. The van der Waals surface area contributed by atoms with Gasteiger partial charge in [-0.25, -0.2) is 8.42 Å². The zero-order valence-corrected chi connectivity index (χ0v) is 27.1. The highest BCUT2D eigenvalue weighted by atomic mass is 35.5. The third-order valence-electron chi connectivity index (χ3n) is 6.85. The molecule has 0 aliphatic heterocycles. The Morgan fingerprint density at radius 3 is 2.18 bits per heavy atom. The molecule has 0 aliphatic rings. The van der Waals surface area contributed by atoms with Crippen LogP contribution >= 0.6 is 34.8 Å². The molecule has 0 saturated heterocycles. The lowest BCUT2D eigenvalue weighted by atomic mass is 10.0. The molecule has 0 bridgehead atoms. The van der Waals surface area contributed by atoms with Crippen LogP contribution in [-0.2, 0) is 38.8 Å². The third kappa shape index (κ3) is 9.50. The molecule has 3 aromatic carbocycles. The van der Waals surface area contributed by atoms with E-state index in [1.54, 1.807) is 49.4 Å². The van der Waals surface area contributed by atoms with Gasteiger partial charge >= 0.3 is 6.18 Å². The predicted octanol–water partition coefficient (Wildman–Crippen LogP) is 6.99. The van der Waals surface area contributed by atoms with Crippen LogP contribution in [0.3, 0.4) is 0 Å². The van der Waals surface area contributed by atoms with Gasteiger partial charge in [0.25, 0.3) is 0 Å². The summed E-state index contributed by atoms with van der Waals surface area (Å²) in [5.41, 5.74) is -0.567. The van der Waals surface area contributed by atoms with Crippen LogP contribution in [0.5, 0.6) is 0 Å². The van der Waals surface area contributed by atoms with Crippen LogP contribution in [-0.4, -0.2) is 50.0 Å². The number of nitrogens with zero attached hydrogens (tertiary/aromatic N) is 2. The van der Waals surface area contributed by atoms with E-state index in [4.69, 9.17) is 34.8 Å². The highest BCUT2D eigenvalue weighted by molar-refractivity contribution is 7.92. The molecule has 0 heterocycles. The lowest BCUT2D eigenvalue weighted by Gasteiger charge is -2.34. The first-order chi connectivity index (χ1) is 20.5. The summed E-state index contributed by atoms with van der Waals surface area (Å²) in [5.74, 6) is -1.36. The average molecular weight is 693 g/mol. The van der Waals surface area contributed by atoms with E-state index in [1.165, 1.54) is 11.0 Å². The second-order valence-electron chi connectivity index (χ2n) is 10.2. The maximum Gasteiger partial charge on any atom is 0.417 e. The molecule has 3 rings (SSSR count). The lowest BCUT2D eigenvalue weighted by molar-refractivity contribution is -0.140. The molecule has 0 radical (unpaired) electrons. The summed E-state index contributed by atoms with van der Waals surface area (Å²) in [6, 6.07) is 14.6. The number of alkyl halides is 3. The van der Waals surface area contributed by atoms with E-state index in [2.05, 4.69) is 5.32 Å². The standard InChI is InChI=1S/C30H31Cl3F3N3O4S/c1-4-19(2)37-29(41)27(14-20-8-6-5-7-9-20)38(17-21-10-11-22(31)15-26(21)33)28(40)18-39(44(3,42)43)23-12-13-25(32)24(16-23)30(34,35)36/h5-13,15-16,19,27H,4,14,17-18H2,1-3H3,(H,37,41)/t19-,27-/m0/s1. The van der Waals surface area contributed by atoms with Crippen LogP contribution in [0.15, 0.2) is 66.7 Å². The topological polar surface area (TPSA) is 86.8 Å². The van der Waals surface area contributed by atoms with Gasteiger partial charge in [-0.2, -0.15) is 13.2 Å². The fourth-order valence-electron chi connectivity index (χ4n) is 4.33. The smallest absolute Gasteiger partial charge is 0.352 e. The summed E-state index contributed by atoms with van der Waals surface area (Å²) >= 11 is 18.2. The van der Waals surface area contributed by atoms with Crippen molar-refractivity contribution in [2.75, 3.05) is 17.1 Å². The Hall–Kier alpha value is -2.99. The van der Waals surface area contributed by atoms with Crippen molar-refractivity contribution in [2.24, 2.45) is 0 Å². The monoisotopic (exact) mass is 691 g/mol. The zero-order chi connectivity index (χ0) is 32.8. The molecular weight excluding hydrogens is 662 g/mol. The molecule has 0 spiro atoms. The van der Waals surface area contributed by atoms with Crippen LogP contribution < -0.4 is 9.62 Å². The molecule has 1 N–H and O–H groups in total. The Kier molecular flexibility index (Phi) is 12.0. The maximum atomic E-state index is 14.1. The second-order valence-corrected chi connectivity index (χ2v) is 13.4. The van der Waals surface area contributed by atoms with Gasteiger partial charge in [-0.15, -0.1) is 0 Å². The number of hydrogen-bond acceptors (Lipinski definition) is 4. The molecule has 44 heavy (non-hydrogen) atoms. The number of rotatable bonds is 12. The van der Waals surface area contributed by atoms with Crippen molar-refractivity contribution >= 4 is 62.3 Å². The van der Waals surface area contributed by atoms with Crippen molar-refractivity contribution < 1.29 is 31.2 Å². The van der Waals surface area contributed by atoms with Crippen LogP contribution in [0.4, 0.5) is 18.9 Å². The number of sulfonamides is 1. The highest BCUT2D eigenvalue weighted by Crippen LogP contribution is 2.37. The Bertz CT molecular complexity index is 1590. The van der Waals surface area contributed by atoms with Crippen molar-refractivity contribution in [1.82, 2.24) is 10.2 Å². The minimum absolute atomic E-state index is 0.0537.